The Kier molecular flexibility index (Phi) is 5.81. The van der Waals surface area contributed by atoms with Gasteiger partial charge in [-0.05, 0) is 50.2 Å². The fourth-order valence-corrected chi connectivity index (χ4v) is 5.29. The quantitative estimate of drug-likeness (QED) is 0.746. The maximum absolute atomic E-state index is 13.1. The molecule has 1 aliphatic carbocycles. The minimum absolute atomic E-state index is 0.0190. The van der Waals surface area contributed by atoms with E-state index in [0.717, 1.165) is 50.2 Å². The zero-order chi connectivity index (χ0) is 20.4. The predicted molar refractivity (Wildman–Crippen MR) is 114 cm³/mol. The van der Waals surface area contributed by atoms with Crippen LogP contribution in [0.25, 0.3) is 0 Å². The Morgan fingerprint density at radius 1 is 1.07 bits per heavy atom. The van der Waals surface area contributed by atoms with Gasteiger partial charge in [0.05, 0.1) is 7.05 Å². The molecule has 3 amide bonds. The van der Waals surface area contributed by atoms with Crippen LogP contribution in [0.5, 0.6) is 0 Å². The zero-order valence-electron chi connectivity index (χ0n) is 17.9. The Morgan fingerprint density at radius 2 is 1.79 bits per heavy atom. The number of carbonyl (C=O) groups excluding carboxylic acids is 2. The van der Waals surface area contributed by atoms with Gasteiger partial charge in [0.25, 0.3) is 5.91 Å². The number of anilines is 1. The minimum atomic E-state index is -0.661. The molecule has 1 saturated carbocycles. The Hall–Kier alpha value is -2.08. The summed E-state index contributed by atoms with van der Waals surface area (Å²) >= 11 is 0. The molecule has 4 rings (SSSR count). The first-order valence-electron chi connectivity index (χ1n) is 11.3. The molecule has 2 N–H and O–H groups in total. The molecule has 2 saturated heterocycles. The predicted octanol–water partition coefficient (Wildman–Crippen LogP) is 2.15. The molecule has 6 nitrogen and oxygen atoms in total. The first-order chi connectivity index (χ1) is 14.0. The third-order valence-corrected chi connectivity index (χ3v) is 7.09. The van der Waals surface area contributed by atoms with E-state index in [1.165, 1.54) is 35.4 Å². The second-order valence-electron chi connectivity index (χ2n) is 9.29. The SMILES string of the molecule is C[C@H]1CCCC[C@]12NC(=O)N(C[NH+](C)Cc1ccc(N3CCCCC3)cc1)C2=O. The topological polar surface area (TPSA) is 57.1 Å². The number of benzene rings is 1. The molecule has 2 heterocycles. The lowest BCUT2D eigenvalue weighted by molar-refractivity contribution is -0.901. The maximum Gasteiger partial charge on any atom is 0.329 e. The van der Waals surface area contributed by atoms with Crippen LogP contribution < -0.4 is 15.1 Å². The monoisotopic (exact) mass is 399 g/mol. The average molecular weight is 400 g/mol. The molecular formula is C23H35N4O2+. The number of carbonyl (C=O) groups is 2. The number of hydrogen-bond donors (Lipinski definition) is 2. The van der Waals surface area contributed by atoms with Crippen LogP contribution in [0.4, 0.5) is 10.5 Å². The van der Waals surface area contributed by atoms with E-state index >= 15 is 0 Å². The molecule has 158 valence electrons. The van der Waals surface area contributed by atoms with Crippen molar-refractivity contribution in [2.75, 3.05) is 31.7 Å². The molecular weight excluding hydrogens is 364 g/mol. The number of nitrogens with one attached hydrogen (secondary N) is 2. The van der Waals surface area contributed by atoms with Gasteiger partial charge in [-0.25, -0.2) is 9.69 Å². The van der Waals surface area contributed by atoms with Crippen LogP contribution in [0.15, 0.2) is 24.3 Å². The lowest BCUT2D eigenvalue weighted by Gasteiger charge is -2.36. The lowest BCUT2D eigenvalue weighted by atomic mass is 9.73. The number of amides is 3. The standard InChI is InChI=1S/C23H34N4O2/c1-18-8-4-5-13-23(18)21(28)27(22(29)24-23)17-25(2)16-19-9-11-20(12-10-19)26-14-6-3-7-15-26/h9-12,18H,3-8,13-17H2,1-2H3,(H,24,29)/p+1/t18-,23-/m0/s1. The van der Waals surface area contributed by atoms with Crippen molar-refractivity contribution in [3.8, 4) is 0 Å². The van der Waals surface area contributed by atoms with E-state index in [1.807, 2.05) is 7.05 Å². The summed E-state index contributed by atoms with van der Waals surface area (Å²) in [5.74, 6) is 0.190. The van der Waals surface area contributed by atoms with Crippen molar-refractivity contribution in [1.82, 2.24) is 10.2 Å². The zero-order valence-corrected chi connectivity index (χ0v) is 17.9. The largest absolute Gasteiger partial charge is 0.372 e. The number of nitrogens with zero attached hydrogens (tertiary/aromatic N) is 2. The van der Waals surface area contributed by atoms with Crippen LogP contribution in [0.3, 0.4) is 0 Å². The summed E-state index contributed by atoms with van der Waals surface area (Å²) in [7, 11) is 2.05. The number of quaternary nitrogens is 1. The molecule has 3 aliphatic rings. The second kappa shape index (κ2) is 8.34. The summed E-state index contributed by atoms with van der Waals surface area (Å²) in [6, 6.07) is 8.57. The highest BCUT2D eigenvalue weighted by Gasteiger charge is 2.55. The fourth-order valence-electron chi connectivity index (χ4n) is 5.29. The van der Waals surface area contributed by atoms with Gasteiger partial charge < -0.3 is 15.1 Å². The average Bonchev–Trinajstić information content (AvgIpc) is 2.96. The lowest BCUT2D eigenvalue weighted by Crippen LogP contribution is -3.09. The Bertz CT molecular complexity index is 744. The van der Waals surface area contributed by atoms with Crippen LogP contribution in [-0.4, -0.2) is 49.2 Å². The number of imide groups is 1. The van der Waals surface area contributed by atoms with Crippen LogP contribution in [0.1, 0.15) is 57.4 Å². The van der Waals surface area contributed by atoms with Crippen molar-refractivity contribution in [2.45, 2.75) is 64.0 Å². The van der Waals surface area contributed by atoms with Gasteiger partial charge in [-0.1, -0.05) is 31.9 Å². The van der Waals surface area contributed by atoms with Gasteiger partial charge in [-0.15, -0.1) is 0 Å². The van der Waals surface area contributed by atoms with Gasteiger partial charge in [-0.2, -0.15) is 0 Å². The summed E-state index contributed by atoms with van der Waals surface area (Å²) in [4.78, 5) is 30.8. The minimum Gasteiger partial charge on any atom is -0.372 e. The summed E-state index contributed by atoms with van der Waals surface area (Å²) < 4.78 is 0. The van der Waals surface area contributed by atoms with Gasteiger partial charge in [0.1, 0.15) is 12.1 Å². The van der Waals surface area contributed by atoms with Crippen molar-refractivity contribution >= 4 is 17.6 Å². The number of hydrogen-bond acceptors (Lipinski definition) is 3. The molecule has 3 fully saturated rings. The van der Waals surface area contributed by atoms with Gasteiger partial charge >= 0.3 is 6.03 Å². The summed E-state index contributed by atoms with van der Waals surface area (Å²) in [6.45, 7) is 5.60. The smallest absolute Gasteiger partial charge is 0.329 e. The van der Waals surface area contributed by atoms with Crippen molar-refractivity contribution in [3.63, 3.8) is 0 Å². The van der Waals surface area contributed by atoms with E-state index in [2.05, 4.69) is 41.4 Å². The molecule has 3 atom stereocenters. The normalized spacial score (nSPS) is 28.7. The third-order valence-electron chi connectivity index (χ3n) is 7.09. The fraction of sp³-hybridized carbons (Fsp3) is 0.652. The molecule has 0 aromatic heterocycles. The van der Waals surface area contributed by atoms with Crippen LogP contribution in [0, 0.1) is 5.92 Å². The molecule has 0 bridgehead atoms. The molecule has 2 aliphatic heterocycles. The highest BCUT2D eigenvalue weighted by molar-refractivity contribution is 6.07. The summed E-state index contributed by atoms with van der Waals surface area (Å²) in [5, 5.41) is 3.05. The molecule has 1 aromatic rings. The van der Waals surface area contributed by atoms with Crippen molar-refractivity contribution in [3.05, 3.63) is 29.8 Å². The van der Waals surface area contributed by atoms with Crippen molar-refractivity contribution in [1.29, 1.82) is 0 Å². The number of piperidine rings is 1. The van der Waals surface area contributed by atoms with E-state index in [1.54, 1.807) is 0 Å². The van der Waals surface area contributed by atoms with Crippen molar-refractivity contribution in [2.24, 2.45) is 5.92 Å². The number of rotatable bonds is 5. The van der Waals surface area contributed by atoms with E-state index in [9.17, 15) is 9.59 Å². The molecule has 6 heteroatoms. The highest BCUT2D eigenvalue weighted by Crippen LogP contribution is 2.37. The Morgan fingerprint density at radius 3 is 2.48 bits per heavy atom. The molecule has 1 unspecified atom stereocenters. The Labute approximate surface area is 174 Å². The van der Waals surface area contributed by atoms with Crippen LogP contribution in [0.2, 0.25) is 0 Å². The molecule has 0 radical (unpaired) electrons. The molecule has 1 aromatic carbocycles. The summed E-state index contributed by atoms with van der Waals surface area (Å²) in [5.41, 5.74) is 1.87. The van der Waals surface area contributed by atoms with Gasteiger partial charge in [0.2, 0.25) is 0 Å². The Balaban J connectivity index is 1.36. The van der Waals surface area contributed by atoms with E-state index in [0.29, 0.717) is 6.67 Å². The van der Waals surface area contributed by atoms with Gasteiger partial charge in [0, 0.05) is 24.3 Å². The van der Waals surface area contributed by atoms with E-state index in [4.69, 9.17) is 0 Å². The van der Waals surface area contributed by atoms with Gasteiger partial charge in [-0.3, -0.25) is 4.79 Å². The second-order valence-corrected chi connectivity index (χ2v) is 9.29. The van der Waals surface area contributed by atoms with Crippen LogP contribution >= 0.6 is 0 Å². The van der Waals surface area contributed by atoms with E-state index < -0.39 is 5.54 Å². The van der Waals surface area contributed by atoms with Crippen molar-refractivity contribution < 1.29 is 14.5 Å². The van der Waals surface area contributed by atoms with Gasteiger partial charge in [0.15, 0.2) is 6.67 Å². The highest BCUT2D eigenvalue weighted by atomic mass is 16.2. The molecule has 29 heavy (non-hydrogen) atoms. The van der Waals surface area contributed by atoms with E-state index in [-0.39, 0.29) is 17.9 Å². The maximum atomic E-state index is 13.1. The summed E-state index contributed by atoms with van der Waals surface area (Å²) in [6.07, 6.45) is 7.83. The number of urea groups is 1. The third kappa shape index (κ3) is 4.00. The first kappa shape index (κ1) is 20.2. The van der Waals surface area contributed by atoms with Crippen LogP contribution in [-0.2, 0) is 11.3 Å². The molecule has 1 spiro atoms. The first-order valence-corrected chi connectivity index (χ1v) is 11.3.